The fraction of sp³-hybridized carbons (Fsp3) is 1.00. The lowest BCUT2D eigenvalue weighted by Crippen LogP contribution is -2.60. The Balaban J connectivity index is 1.86. The molecule has 82 valence electrons. The molecule has 0 bridgehead atoms. The van der Waals surface area contributed by atoms with Gasteiger partial charge in [-0.1, -0.05) is 19.3 Å². The summed E-state index contributed by atoms with van der Waals surface area (Å²) in [6.45, 7) is 3.43. The van der Waals surface area contributed by atoms with Crippen molar-refractivity contribution >= 4 is 0 Å². The molecule has 0 unspecified atom stereocenters. The second-order valence-corrected chi connectivity index (χ2v) is 4.57. The molecule has 0 atom stereocenters. The quantitative estimate of drug-likeness (QED) is 0.694. The summed E-state index contributed by atoms with van der Waals surface area (Å²) in [5.41, 5.74) is 0. The van der Waals surface area contributed by atoms with Gasteiger partial charge in [0.05, 0.1) is 6.61 Å². The molecule has 14 heavy (non-hydrogen) atoms. The van der Waals surface area contributed by atoms with Crippen LogP contribution in [-0.2, 0) is 0 Å². The molecule has 0 aromatic rings. The number of hydrogen-bond donors (Lipinski definition) is 2. The first-order valence-corrected chi connectivity index (χ1v) is 5.99. The maximum absolute atomic E-state index is 9.07. The minimum atomic E-state index is 0.313. The van der Waals surface area contributed by atoms with Crippen LogP contribution in [0.25, 0.3) is 0 Å². The van der Waals surface area contributed by atoms with Crippen LogP contribution in [0.2, 0.25) is 0 Å². The second-order valence-electron chi connectivity index (χ2n) is 4.57. The van der Waals surface area contributed by atoms with Crippen molar-refractivity contribution in [2.75, 3.05) is 26.2 Å². The normalized spacial score (nSPS) is 25.3. The molecule has 1 saturated heterocycles. The third kappa shape index (κ3) is 2.27. The predicted octanol–water partition coefficient (Wildman–Crippen LogP) is 0.585. The van der Waals surface area contributed by atoms with Gasteiger partial charge in [0.2, 0.25) is 0 Å². The third-order valence-corrected chi connectivity index (χ3v) is 3.63. The summed E-state index contributed by atoms with van der Waals surface area (Å²) in [4.78, 5) is 2.54. The maximum Gasteiger partial charge on any atom is 0.0558 e. The molecular formula is C11H22N2O. The topological polar surface area (TPSA) is 35.5 Å². The van der Waals surface area contributed by atoms with Gasteiger partial charge in [0, 0.05) is 31.7 Å². The largest absolute Gasteiger partial charge is 0.395 e. The Kier molecular flexibility index (Phi) is 3.79. The van der Waals surface area contributed by atoms with Crippen LogP contribution < -0.4 is 5.32 Å². The number of aliphatic hydroxyl groups excluding tert-OH is 1. The molecule has 2 aliphatic rings. The molecule has 2 fully saturated rings. The van der Waals surface area contributed by atoms with Crippen LogP contribution in [-0.4, -0.2) is 48.3 Å². The zero-order valence-electron chi connectivity index (χ0n) is 8.91. The minimum absolute atomic E-state index is 0.313. The summed E-state index contributed by atoms with van der Waals surface area (Å²) in [6.07, 6.45) is 6.86. The van der Waals surface area contributed by atoms with Crippen molar-refractivity contribution in [2.24, 2.45) is 0 Å². The molecular weight excluding hydrogens is 176 g/mol. The lowest BCUT2D eigenvalue weighted by atomic mass is 9.92. The molecule has 3 nitrogen and oxygen atoms in total. The van der Waals surface area contributed by atoms with Crippen LogP contribution in [0.4, 0.5) is 0 Å². The fourth-order valence-corrected chi connectivity index (χ4v) is 2.70. The Morgan fingerprint density at radius 2 is 1.79 bits per heavy atom. The molecule has 1 heterocycles. The Morgan fingerprint density at radius 3 is 2.29 bits per heavy atom. The van der Waals surface area contributed by atoms with E-state index in [2.05, 4.69) is 10.2 Å². The highest BCUT2D eigenvalue weighted by atomic mass is 16.3. The van der Waals surface area contributed by atoms with E-state index in [1.807, 2.05) is 0 Å². The number of rotatable bonds is 4. The van der Waals surface area contributed by atoms with Crippen LogP contribution in [0.5, 0.6) is 0 Å². The van der Waals surface area contributed by atoms with Crippen LogP contribution in [0.1, 0.15) is 32.1 Å². The van der Waals surface area contributed by atoms with E-state index in [1.165, 1.54) is 32.1 Å². The Bertz CT molecular complexity index is 165. The predicted molar refractivity (Wildman–Crippen MR) is 57.3 cm³/mol. The maximum atomic E-state index is 9.07. The molecule has 1 aliphatic carbocycles. The van der Waals surface area contributed by atoms with Crippen molar-refractivity contribution in [3.63, 3.8) is 0 Å². The van der Waals surface area contributed by atoms with E-state index in [4.69, 9.17) is 5.11 Å². The number of aliphatic hydroxyl groups is 1. The first kappa shape index (κ1) is 10.4. The fourth-order valence-electron chi connectivity index (χ4n) is 2.70. The van der Waals surface area contributed by atoms with Crippen molar-refractivity contribution < 1.29 is 5.11 Å². The SMILES string of the molecule is OCCN(C1CCCCC1)C1CNC1. The molecule has 1 saturated carbocycles. The van der Waals surface area contributed by atoms with Crippen LogP contribution in [0, 0.1) is 0 Å². The van der Waals surface area contributed by atoms with E-state index < -0.39 is 0 Å². The zero-order valence-corrected chi connectivity index (χ0v) is 8.91. The standard InChI is InChI=1S/C11H22N2O/c14-7-6-13(11-8-12-9-11)10-4-2-1-3-5-10/h10-12,14H,1-9H2. The zero-order chi connectivity index (χ0) is 9.80. The lowest BCUT2D eigenvalue weighted by Gasteiger charge is -2.44. The molecule has 0 radical (unpaired) electrons. The highest BCUT2D eigenvalue weighted by Gasteiger charge is 2.30. The number of nitrogens with zero attached hydrogens (tertiary/aromatic N) is 1. The van der Waals surface area contributed by atoms with Gasteiger partial charge in [-0.2, -0.15) is 0 Å². The van der Waals surface area contributed by atoms with Gasteiger partial charge in [-0.15, -0.1) is 0 Å². The Labute approximate surface area is 86.5 Å². The summed E-state index contributed by atoms with van der Waals surface area (Å²) in [5.74, 6) is 0. The van der Waals surface area contributed by atoms with E-state index in [9.17, 15) is 0 Å². The first-order valence-electron chi connectivity index (χ1n) is 5.99. The van der Waals surface area contributed by atoms with Crippen LogP contribution in [0.3, 0.4) is 0 Å². The van der Waals surface area contributed by atoms with E-state index in [0.717, 1.165) is 25.7 Å². The van der Waals surface area contributed by atoms with Crippen molar-refractivity contribution in [1.82, 2.24) is 10.2 Å². The van der Waals surface area contributed by atoms with E-state index in [1.54, 1.807) is 0 Å². The van der Waals surface area contributed by atoms with Gasteiger partial charge in [0.1, 0.15) is 0 Å². The highest BCUT2D eigenvalue weighted by Crippen LogP contribution is 2.24. The third-order valence-electron chi connectivity index (χ3n) is 3.63. The Morgan fingerprint density at radius 1 is 1.07 bits per heavy atom. The average molecular weight is 198 g/mol. The van der Waals surface area contributed by atoms with E-state index in [-0.39, 0.29) is 0 Å². The van der Waals surface area contributed by atoms with Gasteiger partial charge in [-0.25, -0.2) is 0 Å². The molecule has 2 rings (SSSR count). The van der Waals surface area contributed by atoms with E-state index >= 15 is 0 Å². The smallest absolute Gasteiger partial charge is 0.0558 e. The first-order chi connectivity index (χ1) is 6.92. The van der Waals surface area contributed by atoms with Crippen molar-refractivity contribution in [3.05, 3.63) is 0 Å². The van der Waals surface area contributed by atoms with Crippen LogP contribution in [0.15, 0.2) is 0 Å². The van der Waals surface area contributed by atoms with Gasteiger partial charge in [0.25, 0.3) is 0 Å². The van der Waals surface area contributed by atoms with Gasteiger partial charge < -0.3 is 10.4 Å². The van der Waals surface area contributed by atoms with Crippen LogP contribution >= 0.6 is 0 Å². The number of nitrogens with one attached hydrogen (secondary N) is 1. The summed E-state index contributed by atoms with van der Waals surface area (Å²) in [5, 5.41) is 12.4. The molecule has 0 amide bonds. The molecule has 0 aromatic heterocycles. The monoisotopic (exact) mass is 198 g/mol. The summed E-state index contributed by atoms with van der Waals surface area (Å²) in [6, 6.07) is 1.45. The molecule has 0 aromatic carbocycles. The minimum Gasteiger partial charge on any atom is -0.395 e. The van der Waals surface area contributed by atoms with Gasteiger partial charge >= 0.3 is 0 Å². The summed E-state index contributed by atoms with van der Waals surface area (Å²) < 4.78 is 0. The summed E-state index contributed by atoms with van der Waals surface area (Å²) in [7, 11) is 0. The average Bonchev–Trinajstić information content (AvgIpc) is 2.16. The van der Waals surface area contributed by atoms with Crippen molar-refractivity contribution in [1.29, 1.82) is 0 Å². The molecule has 2 N–H and O–H groups in total. The van der Waals surface area contributed by atoms with Gasteiger partial charge in [-0.05, 0) is 12.8 Å². The molecule has 0 spiro atoms. The van der Waals surface area contributed by atoms with Crippen molar-refractivity contribution in [3.8, 4) is 0 Å². The van der Waals surface area contributed by atoms with E-state index in [0.29, 0.717) is 12.6 Å². The molecule has 3 heteroatoms. The lowest BCUT2D eigenvalue weighted by molar-refractivity contribution is 0.0555. The Hall–Kier alpha value is -0.120. The molecule has 1 aliphatic heterocycles. The van der Waals surface area contributed by atoms with Gasteiger partial charge in [-0.3, -0.25) is 4.90 Å². The number of hydrogen-bond acceptors (Lipinski definition) is 3. The summed E-state index contributed by atoms with van der Waals surface area (Å²) >= 11 is 0. The second kappa shape index (κ2) is 5.10. The van der Waals surface area contributed by atoms with Gasteiger partial charge in [0.15, 0.2) is 0 Å². The highest BCUT2D eigenvalue weighted by molar-refractivity contribution is 4.89. The van der Waals surface area contributed by atoms with Crippen molar-refractivity contribution in [2.45, 2.75) is 44.2 Å².